The molecule has 5 rings (SSSR count). The zero-order valence-electron chi connectivity index (χ0n) is 17.9. The number of hydrogen-bond acceptors (Lipinski definition) is 6. The van der Waals surface area contributed by atoms with E-state index in [9.17, 15) is 9.90 Å². The van der Waals surface area contributed by atoms with Crippen LogP contribution in [0.5, 0.6) is 5.75 Å². The van der Waals surface area contributed by atoms with E-state index in [-0.39, 0.29) is 17.2 Å². The van der Waals surface area contributed by atoms with Gasteiger partial charge in [0, 0.05) is 45.1 Å². The summed E-state index contributed by atoms with van der Waals surface area (Å²) in [5.41, 5.74) is 4.77. The average Bonchev–Trinajstić information content (AvgIpc) is 2.96. The molecule has 0 fully saturated rings. The summed E-state index contributed by atoms with van der Waals surface area (Å²) in [6.45, 7) is 0.409. The number of nitrogens with one attached hydrogen (secondary N) is 1. The number of aromatic carboxylic acids is 1. The number of rotatable bonds is 4. The Hall–Kier alpha value is -3.42. The first-order valence-corrected chi connectivity index (χ1v) is 11.5. The van der Waals surface area contributed by atoms with Crippen molar-refractivity contribution >= 4 is 52.1 Å². The van der Waals surface area contributed by atoms with E-state index in [2.05, 4.69) is 16.4 Å². The van der Waals surface area contributed by atoms with Crippen molar-refractivity contribution in [1.29, 1.82) is 0 Å². The lowest BCUT2D eigenvalue weighted by Gasteiger charge is -2.26. The molecule has 1 unspecified atom stereocenters. The normalized spacial score (nSPS) is 19.4. The van der Waals surface area contributed by atoms with Crippen LogP contribution in [-0.2, 0) is 6.54 Å². The van der Waals surface area contributed by atoms with Crippen molar-refractivity contribution in [1.82, 2.24) is 9.97 Å². The van der Waals surface area contributed by atoms with Gasteiger partial charge in [-0.05, 0) is 43.0 Å². The minimum atomic E-state index is -1.20. The van der Waals surface area contributed by atoms with Gasteiger partial charge in [-0.25, -0.2) is 14.8 Å². The fourth-order valence-corrected chi connectivity index (χ4v) is 4.84. The van der Waals surface area contributed by atoms with E-state index in [1.165, 1.54) is 12.1 Å². The lowest BCUT2D eigenvalue weighted by Crippen LogP contribution is -2.21. The highest BCUT2D eigenvalue weighted by molar-refractivity contribution is 6.37. The number of aromatic hydroxyl groups is 1. The highest BCUT2D eigenvalue weighted by Gasteiger charge is 2.32. The Morgan fingerprint density at radius 3 is 2.74 bits per heavy atom. The molecule has 9 heteroatoms. The molecule has 7 nitrogen and oxygen atoms in total. The third-order valence-electron chi connectivity index (χ3n) is 5.96. The zero-order valence-corrected chi connectivity index (χ0v) is 19.4. The highest BCUT2D eigenvalue weighted by atomic mass is 35.5. The fourth-order valence-electron chi connectivity index (χ4n) is 4.33. The third-order valence-corrected chi connectivity index (χ3v) is 6.60. The van der Waals surface area contributed by atoms with Crippen LogP contribution in [0.1, 0.15) is 40.9 Å². The molecule has 2 heterocycles. The summed E-state index contributed by atoms with van der Waals surface area (Å²) in [6, 6.07) is 4.20. The Morgan fingerprint density at radius 2 is 1.97 bits per heavy atom. The number of carbonyl (C=O) groups is 1. The fraction of sp³-hybridized carbons (Fsp3) is 0.200. The molecule has 2 aliphatic carbocycles. The minimum absolute atomic E-state index is 0.0908. The van der Waals surface area contributed by atoms with E-state index in [4.69, 9.17) is 38.3 Å². The summed E-state index contributed by atoms with van der Waals surface area (Å²) in [7, 11) is 0. The van der Waals surface area contributed by atoms with Gasteiger partial charge in [0.2, 0.25) is 5.95 Å². The van der Waals surface area contributed by atoms with Gasteiger partial charge in [-0.3, -0.25) is 4.99 Å². The van der Waals surface area contributed by atoms with Crippen LogP contribution in [0, 0.1) is 5.92 Å². The molecule has 1 aromatic heterocycles. The number of nitrogens with zero attached hydrogens (tertiary/aromatic N) is 3. The molecule has 0 saturated heterocycles. The standard InChI is InChI=1S/C25H20Cl2N4O3/c26-14-5-7-16-19(9-14)23(17-3-1-2-4-20(17)27)28-11-13-12-29-25(31-22(13)16)30-15-6-8-18(24(33)34)21(32)10-15/h3-8,10,12,19,32H,1-2,9,11H2,(H,33,34)(H,29,30,31). The van der Waals surface area contributed by atoms with E-state index in [1.807, 2.05) is 18.2 Å². The Morgan fingerprint density at radius 1 is 1.15 bits per heavy atom. The van der Waals surface area contributed by atoms with Gasteiger partial charge in [-0.2, -0.15) is 0 Å². The molecule has 0 saturated carbocycles. The first kappa shape index (κ1) is 22.4. The molecular weight excluding hydrogens is 475 g/mol. The molecule has 0 radical (unpaired) electrons. The Balaban J connectivity index is 1.51. The van der Waals surface area contributed by atoms with Gasteiger partial charge < -0.3 is 15.5 Å². The maximum Gasteiger partial charge on any atom is 0.339 e. The highest BCUT2D eigenvalue weighted by Crippen LogP contribution is 2.41. The van der Waals surface area contributed by atoms with Gasteiger partial charge in [0.1, 0.15) is 11.3 Å². The van der Waals surface area contributed by atoms with Crippen molar-refractivity contribution in [3.05, 3.63) is 81.2 Å². The van der Waals surface area contributed by atoms with Crippen LogP contribution in [0.15, 0.2) is 69.3 Å². The predicted molar refractivity (Wildman–Crippen MR) is 133 cm³/mol. The van der Waals surface area contributed by atoms with Crippen LogP contribution < -0.4 is 5.32 Å². The summed E-state index contributed by atoms with van der Waals surface area (Å²) in [5, 5.41) is 23.6. The molecule has 1 atom stereocenters. The molecule has 2 aromatic rings. The number of fused-ring (bicyclic) bond motifs is 3. The molecule has 172 valence electrons. The molecular formula is C25H20Cl2N4O3. The lowest BCUT2D eigenvalue weighted by molar-refractivity contribution is 0.0694. The number of anilines is 2. The zero-order chi connectivity index (χ0) is 23.8. The number of aliphatic imine (C=N–C) groups is 1. The maximum atomic E-state index is 11.2. The average molecular weight is 495 g/mol. The van der Waals surface area contributed by atoms with E-state index in [1.54, 1.807) is 12.3 Å². The smallest absolute Gasteiger partial charge is 0.339 e. The molecule has 1 aromatic carbocycles. The van der Waals surface area contributed by atoms with Crippen molar-refractivity contribution in [2.24, 2.45) is 10.9 Å². The first-order chi connectivity index (χ1) is 16.4. The molecule has 3 N–H and O–H groups in total. The van der Waals surface area contributed by atoms with Gasteiger partial charge >= 0.3 is 5.97 Å². The minimum Gasteiger partial charge on any atom is -0.507 e. The Kier molecular flexibility index (Phi) is 5.98. The summed E-state index contributed by atoms with van der Waals surface area (Å²) in [5.74, 6) is -1.32. The maximum absolute atomic E-state index is 11.2. The molecule has 34 heavy (non-hydrogen) atoms. The SMILES string of the molecule is O=C(O)c1ccc(Nc2ncc3c(n2)C2=CC=C(Cl)CC2C(C2=CCCC=C2Cl)=NC3)cc1O. The quantitative estimate of drug-likeness (QED) is 0.484. The number of carboxylic acids is 1. The largest absolute Gasteiger partial charge is 0.507 e. The van der Waals surface area contributed by atoms with Crippen molar-refractivity contribution < 1.29 is 15.0 Å². The number of benzene rings is 1. The van der Waals surface area contributed by atoms with Crippen LogP contribution in [0.3, 0.4) is 0 Å². The van der Waals surface area contributed by atoms with Crippen LogP contribution in [0.4, 0.5) is 11.6 Å². The summed E-state index contributed by atoms with van der Waals surface area (Å²) in [4.78, 5) is 25.2. The van der Waals surface area contributed by atoms with Crippen LogP contribution >= 0.6 is 23.2 Å². The number of carboxylic acid groups (broad SMARTS) is 1. The monoisotopic (exact) mass is 494 g/mol. The van der Waals surface area contributed by atoms with Crippen LogP contribution in [0.2, 0.25) is 0 Å². The third kappa shape index (κ3) is 4.24. The van der Waals surface area contributed by atoms with Gasteiger partial charge in [-0.15, -0.1) is 0 Å². The summed E-state index contributed by atoms with van der Waals surface area (Å²) < 4.78 is 0. The second kappa shape index (κ2) is 9.08. The molecule has 0 amide bonds. The van der Waals surface area contributed by atoms with Crippen molar-refractivity contribution in [2.75, 3.05) is 5.32 Å². The van der Waals surface area contributed by atoms with Crippen molar-refractivity contribution in [3.63, 3.8) is 0 Å². The van der Waals surface area contributed by atoms with Crippen molar-refractivity contribution in [2.45, 2.75) is 25.8 Å². The first-order valence-electron chi connectivity index (χ1n) is 10.8. The number of hydrogen-bond donors (Lipinski definition) is 3. The lowest BCUT2D eigenvalue weighted by atomic mass is 9.81. The van der Waals surface area contributed by atoms with Crippen molar-refractivity contribution in [3.8, 4) is 5.75 Å². The van der Waals surface area contributed by atoms with Gasteiger partial charge in [-0.1, -0.05) is 41.4 Å². The van der Waals surface area contributed by atoms with Gasteiger partial charge in [0.05, 0.1) is 18.0 Å². The van der Waals surface area contributed by atoms with Gasteiger partial charge in [0.25, 0.3) is 0 Å². The van der Waals surface area contributed by atoms with E-state index >= 15 is 0 Å². The molecule has 0 spiro atoms. The number of halogens is 2. The molecule has 0 bridgehead atoms. The van der Waals surface area contributed by atoms with E-state index < -0.39 is 5.97 Å². The number of allylic oxidation sites excluding steroid dienone is 8. The number of phenols is 1. The second-order valence-electron chi connectivity index (χ2n) is 8.17. The van der Waals surface area contributed by atoms with Crippen LogP contribution in [0.25, 0.3) is 5.57 Å². The molecule has 3 aliphatic rings. The number of aromatic nitrogens is 2. The molecule has 1 aliphatic heterocycles. The summed E-state index contributed by atoms with van der Waals surface area (Å²) in [6.07, 6.45) is 12.2. The van der Waals surface area contributed by atoms with Gasteiger partial charge in [0.15, 0.2) is 0 Å². The topological polar surface area (TPSA) is 108 Å². The van der Waals surface area contributed by atoms with E-state index in [0.29, 0.717) is 29.6 Å². The predicted octanol–water partition coefficient (Wildman–Crippen LogP) is 5.95. The Bertz CT molecular complexity index is 1360. The summed E-state index contributed by atoms with van der Waals surface area (Å²) >= 11 is 13.0. The van der Waals surface area contributed by atoms with E-state index in [0.717, 1.165) is 46.0 Å². The van der Waals surface area contributed by atoms with Crippen LogP contribution in [-0.4, -0.2) is 31.9 Å². The Labute approximate surface area is 205 Å². The second-order valence-corrected chi connectivity index (χ2v) is 9.06.